The zero-order chi connectivity index (χ0) is 21.3. The maximum Gasteiger partial charge on any atom is 0.263 e. The highest BCUT2D eigenvalue weighted by Crippen LogP contribution is 2.27. The van der Waals surface area contributed by atoms with E-state index in [2.05, 4.69) is 0 Å². The summed E-state index contributed by atoms with van der Waals surface area (Å²) in [5.74, 6) is 0.0894. The van der Waals surface area contributed by atoms with Gasteiger partial charge in [0.1, 0.15) is 5.75 Å². The zero-order valence-electron chi connectivity index (χ0n) is 16.4. The van der Waals surface area contributed by atoms with Gasteiger partial charge in [0.05, 0.1) is 6.04 Å². The first-order chi connectivity index (χ1) is 14.4. The summed E-state index contributed by atoms with van der Waals surface area (Å²) in [7, 11) is 0. The second kappa shape index (κ2) is 8.55. The Kier molecular flexibility index (Phi) is 5.85. The van der Waals surface area contributed by atoms with Gasteiger partial charge in [-0.3, -0.25) is 9.69 Å². The number of amides is 1. The Bertz CT molecular complexity index is 876. The molecule has 5 nitrogen and oxygen atoms in total. The van der Waals surface area contributed by atoms with Crippen LogP contribution in [0.5, 0.6) is 5.75 Å². The van der Waals surface area contributed by atoms with Crippen molar-refractivity contribution in [1.82, 2.24) is 9.80 Å². The Hall–Kier alpha value is -2.74. The molecule has 2 fully saturated rings. The van der Waals surface area contributed by atoms with Crippen LogP contribution < -0.4 is 4.90 Å². The molecular formula is C22H24F3N3O2. The smallest absolute Gasteiger partial charge is 0.263 e. The highest BCUT2D eigenvalue weighted by atomic mass is 19.3. The number of piperazine rings is 1. The molecule has 0 radical (unpaired) electrons. The van der Waals surface area contributed by atoms with E-state index in [0.717, 1.165) is 5.56 Å². The van der Waals surface area contributed by atoms with Crippen LogP contribution in [0.4, 0.5) is 18.9 Å². The van der Waals surface area contributed by atoms with Gasteiger partial charge in [-0.25, -0.2) is 13.2 Å². The van der Waals surface area contributed by atoms with E-state index >= 15 is 0 Å². The second-order valence-electron chi connectivity index (χ2n) is 7.75. The van der Waals surface area contributed by atoms with Crippen LogP contribution in [0.15, 0.2) is 48.5 Å². The fourth-order valence-electron chi connectivity index (χ4n) is 4.18. The Morgan fingerprint density at radius 1 is 1.00 bits per heavy atom. The van der Waals surface area contributed by atoms with Gasteiger partial charge in [0.2, 0.25) is 5.91 Å². The number of anilines is 1. The van der Waals surface area contributed by atoms with Crippen LogP contribution in [-0.2, 0) is 11.3 Å². The minimum absolute atomic E-state index is 0.0372. The summed E-state index contributed by atoms with van der Waals surface area (Å²) in [4.78, 5) is 18.1. The van der Waals surface area contributed by atoms with E-state index in [0.29, 0.717) is 38.3 Å². The van der Waals surface area contributed by atoms with E-state index in [4.69, 9.17) is 0 Å². The van der Waals surface area contributed by atoms with E-state index in [1.54, 1.807) is 34.1 Å². The van der Waals surface area contributed by atoms with Gasteiger partial charge in [-0.05, 0) is 36.2 Å². The molecule has 2 aromatic rings. The maximum absolute atomic E-state index is 14.8. The summed E-state index contributed by atoms with van der Waals surface area (Å²) in [5, 5.41) is 9.41. The third kappa shape index (κ3) is 4.23. The molecule has 0 aromatic heterocycles. The molecule has 2 aliphatic rings. The van der Waals surface area contributed by atoms with E-state index in [-0.39, 0.29) is 29.8 Å². The van der Waals surface area contributed by atoms with Crippen molar-refractivity contribution in [3.8, 4) is 5.75 Å². The summed E-state index contributed by atoms with van der Waals surface area (Å²) in [6.45, 7) is 2.08. The molecule has 0 unspecified atom stereocenters. The molecule has 0 saturated carbocycles. The SMILES string of the molecule is O=C1[C@@H](N2CCN(c3ccc(O)cc3)[C@H](F)C2)CCN1Cc1ccc(C(F)F)cc1. The Balaban J connectivity index is 1.35. The Labute approximate surface area is 173 Å². The van der Waals surface area contributed by atoms with Crippen molar-refractivity contribution in [2.45, 2.75) is 31.7 Å². The van der Waals surface area contributed by atoms with Crippen LogP contribution >= 0.6 is 0 Å². The van der Waals surface area contributed by atoms with E-state index in [1.165, 1.54) is 24.3 Å². The molecule has 1 amide bonds. The molecule has 4 rings (SSSR count). The number of halogens is 3. The van der Waals surface area contributed by atoms with Gasteiger partial charge in [0, 0.05) is 44.0 Å². The van der Waals surface area contributed by atoms with Gasteiger partial charge in [-0.1, -0.05) is 24.3 Å². The normalized spacial score (nSPS) is 22.9. The monoisotopic (exact) mass is 419 g/mol. The molecule has 2 atom stereocenters. The van der Waals surface area contributed by atoms with Crippen molar-refractivity contribution in [1.29, 1.82) is 0 Å². The number of phenolic OH excluding ortho intramolecular Hbond substituents is 1. The number of alkyl halides is 3. The van der Waals surface area contributed by atoms with Gasteiger partial charge in [0.25, 0.3) is 6.43 Å². The number of aromatic hydroxyl groups is 1. The van der Waals surface area contributed by atoms with Crippen molar-refractivity contribution in [3.63, 3.8) is 0 Å². The van der Waals surface area contributed by atoms with Gasteiger partial charge in [-0.15, -0.1) is 0 Å². The third-order valence-corrected chi connectivity index (χ3v) is 5.85. The molecule has 2 heterocycles. The van der Waals surface area contributed by atoms with Crippen molar-refractivity contribution in [2.75, 3.05) is 31.1 Å². The van der Waals surface area contributed by atoms with E-state index in [9.17, 15) is 23.1 Å². The molecule has 0 spiro atoms. The number of carbonyl (C=O) groups excluding carboxylic acids is 1. The van der Waals surface area contributed by atoms with Crippen molar-refractivity contribution >= 4 is 11.6 Å². The first-order valence-electron chi connectivity index (χ1n) is 10.0. The number of carbonyl (C=O) groups is 1. The standard InChI is InChI=1S/C22H24F3N3O2/c23-20-14-26(11-12-28(20)17-5-7-18(29)8-6-17)19-9-10-27(22(19)30)13-15-1-3-16(4-2-15)21(24)25/h1-8,19-21,29H,9-14H2/t19-,20-/m0/s1. The molecule has 0 aliphatic carbocycles. The van der Waals surface area contributed by atoms with Crippen molar-refractivity contribution in [2.24, 2.45) is 0 Å². The largest absolute Gasteiger partial charge is 0.508 e. The lowest BCUT2D eigenvalue weighted by atomic mass is 10.1. The fraction of sp³-hybridized carbons (Fsp3) is 0.409. The number of phenols is 1. The van der Waals surface area contributed by atoms with Gasteiger partial charge in [0.15, 0.2) is 6.30 Å². The summed E-state index contributed by atoms with van der Waals surface area (Å²) in [5.41, 5.74) is 1.46. The van der Waals surface area contributed by atoms with Crippen LogP contribution in [0, 0.1) is 0 Å². The summed E-state index contributed by atoms with van der Waals surface area (Å²) in [6, 6.07) is 12.1. The fourth-order valence-corrected chi connectivity index (χ4v) is 4.18. The number of benzene rings is 2. The Morgan fingerprint density at radius 2 is 1.70 bits per heavy atom. The highest BCUT2D eigenvalue weighted by Gasteiger charge is 2.39. The van der Waals surface area contributed by atoms with Crippen LogP contribution in [0.25, 0.3) is 0 Å². The summed E-state index contributed by atoms with van der Waals surface area (Å²) < 4.78 is 40.2. The summed E-state index contributed by atoms with van der Waals surface area (Å²) in [6.07, 6.45) is -3.13. The number of nitrogens with zero attached hydrogens (tertiary/aromatic N) is 3. The van der Waals surface area contributed by atoms with Crippen LogP contribution in [0.1, 0.15) is 24.0 Å². The molecular weight excluding hydrogens is 395 g/mol. The molecule has 2 saturated heterocycles. The quantitative estimate of drug-likeness (QED) is 0.753. The average molecular weight is 419 g/mol. The van der Waals surface area contributed by atoms with Crippen LogP contribution in [-0.4, -0.2) is 59.3 Å². The average Bonchev–Trinajstić information content (AvgIpc) is 3.09. The van der Waals surface area contributed by atoms with Gasteiger partial charge in [-0.2, -0.15) is 0 Å². The molecule has 1 N–H and O–H groups in total. The molecule has 160 valence electrons. The predicted octanol–water partition coefficient (Wildman–Crippen LogP) is 3.55. The third-order valence-electron chi connectivity index (χ3n) is 5.85. The lowest BCUT2D eigenvalue weighted by Gasteiger charge is -2.40. The zero-order valence-corrected chi connectivity index (χ0v) is 16.4. The molecule has 30 heavy (non-hydrogen) atoms. The van der Waals surface area contributed by atoms with E-state index in [1.807, 2.05) is 4.90 Å². The molecule has 2 aliphatic heterocycles. The molecule has 0 bridgehead atoms. The Morgan fingerprint density at radius 3 is 2.33 bits per heavy atom. The second-order valence-corrected chi connectivity index (χ2v) is 7.75. The highest BCUT2D eigenvalue weighted by molar-refractivity contribution is 5.84. The minimum Gasteiger partial charge on any atom is -0.508 e. The van der Waals surface area contributed by atoms with Gasteiger partial charge >= 0.3 is 0 Å². The van der Waals surface area contributed by atoms with E-state index < -0.39 is 12.7 Å². The topological polar surface area (TPSA) is 47.0 Å². The number of likely N-dealkylation sites (tertiary alicyclic amines) is 1. The number of rotatable bonds is 5. The van der Waals surface area contributed by atoms with Gasteiger partial charge < -0.3 is 14.9 Å². The number of hydrogen-bond donors (Lipinski definition) is 1. The lowest BCUT2D eigenvalue weighted by Crippen LogP contribution is -2.56. The van der Waals surface area contributed by atoms with Crippen LogP contribution in [0.3, 0.4) is 0 Å². The van der Waals surface area contributed by atoms with Crippen molar-refractivity contribution < 1.29 is 23.1 Å². The summed E-state index contributed by atoms with van der Waals surface area (Å²) >= 11 is 0. The molecule has 8 heteroatoms. The van der Waals surface area contributed by atoms with Crippen molar-refractivity contribution in [3.05, 3.63) is 59.7 Å². The lowest BCUT2D eigenvalue weighted by molar-refractivity contribution is -0.133. The maximum atomic E-state index is 14.8. The van der Waals surface area contributed by atoms with Crippen LogP contribution in [0.2, 0.25) is 0 Å². The first kappa shape index (κ1) is 20.5. The first-order valence-corrected chi connectivity index (χ1v) is 10.0. The molecule has 2 aromatic carbocycles. The minimum atomic E-state index is -2.51. The predicted molar refractivity (Wildman–Crippen MR) is 107 cm³/mol. The number of hydrogen-bond acceptors (Lipinski definition) is 4.